The zero-order chi connectivity index (χ0) is 15.1. The van der Waals surface area contributed by atoms with E-state index in [1.807, 2.05) is 61.5 Å². The Morgan fingerprint density at radius 2 is 1.76 bits per heavy atom. The van der Waals surface area contributed by atoms with E-state index >= 15 is 0 Å². The predicted molar refractivity (Wildman–Crippen MR) is 84.2 cm³/mol. The third kappa shape index (κ3) is 3.49. The second kappa shape index (κ2) is 7.25. The predicted octanol–water partition coefficient (Wildman–Crippen LogP) is 3.81. The van der Waals surface area contributed by atoms with E-state index in [0.29, 0.717) is 18.5 Å². The summed E-state index contributed by atoms with van der Waals surface area (Å²) in [6.45, 7) is 2.44. The molecule has 0 aliphatic carbocycles. The molecular weight excluding hydrogens is 260 g/mol. The maximum atomic E-state index is 12.8. The maximum absolute atomic E-state index is 12.8. The van der Waals surface area contributed by atoms with Crippen molar-refractivity contribution in [1.29, 1.82) is 5.26 Å². The molecule has 0 bridgehead atoms. The van der Waals surface area contributed by atoms with Gasteiger partial charge in [0.2, 0.25) is 0 Å². The Morgan fingerprint density at radius 3 is 2.43 bits per heavy atom. The van der Waals surface area contributed by atoms with Gasteiger partial charge in [0.15, 0.2) is 0 Å². The van der Waals surface area contributed by atoms with Gasteiger partial charge in [-0.1, -0.05) is 43.3 Å². The molecule has 0 unspecified atom stereocenters. The number of amides is 1. The molecule has 0 saturated carbocycles. The monoisotopic (exact) mass is 278 g/mol. The van der Waals surface area contributed by atoms with Crippen molar-refractivity contribution in [2.75, 3.05) is 11.4 Å². The number of hydrogen-bond acceptors (Lipinski definition) is 2. The fourth-order valence-corrected chi connectivity index (χ4v) is 2.30. The van der Waals surface area contributed by atoms with Crippen LogP contribution in [0.3, 0.4) is 0 Å². The van der Waals surface area contributed by atoms with E-state index in [1.54, 1.807) is 4.90 Å². The van der Waals surface area contributed by atoms with Gasteiger partial charge < -0.3 is 4.90 Å². The Morgan fingerprint density at radius 1 is 1.10 bits per heavy atom. The molecule has 0 atom stereocenters. The zero-order valence-electron chi connectivity index (χ0n) is 12.1. The lowest BCUT2D eigenvalue weighted by Crippen LogP contribution is -2.32. The van der Waals surface area contributed by atoms with Crippen LogP contribution in [0.1, 0.15) is 29.3 Å². The number of aryl methyl sites for hydroxylation is 1. The molecule has 0 aliphatic rings. The molecule has 0 spiro atoms. The van der Waals surface area contributed by atoms with Gasteiger partial charge in [-0.3, -0.25) is 4.79 Å². The summed E-state index contributed by atoms with van der Waals surface area (Å²) in [5, 5.41) is 8.83. The van der Waals surface area contributed by atoms with Crippen LogP contribution in [0, 0.1) is 11.3 Å². The summed E-state index contributed by atoms with van der Waals surface area (Å²) in [4.78, 5) is 14.5. The van der Waals surface area contributed by atoms with Gasteiger partial charge in [-0.2, -0.15) is 5.26 Å². The van der Waals surface area contributed by atoms with Gasteiger partial charge in [0.25, 0.3) is 5.91 Å². The molecule has 0 radical (unpaired) electrons. The highest BCUT2D eigenvalue weighted by molar-refractivity contribution is 6.07. The fraction of sp³-hybridized carbons (Fsp3) is 0.222. The van der Waals surface area contributed by atoms with Crippen LogP contribution in [-0.2, 0) is 6.42 Å². The fourth-order valence-electron chi connectivity index (χ4n) is 2.30. The number of nitriles is 1. The number of benzene rings is 2. The maximum Gasteiger partial charge on any atom is 0.258 e. The van der Waals surface area contributed by atoms with Gasteiger partial charge in [0.1, 0.15) is 0 Å². The standard InChI is InChI=1S/C18H18N2O/c1-2-15-9-6-7-12-17(15)18(21)20(14-8-13-19)16-10-4-3-5-11-16/h3-7,9-12H,2,8,14H2,1H3. The van der Waals surface area contributed by atoms with Crippen molar-refractivity contribution in [2.24, 2.45) is 0 Å². The quantitative estimate of drug-likeness (QED) is 0.834. The van der Waals surface area contributed by atoms with E-state index in [-0.39, 0.29) is 5.91 Å². The summed E-state index contributed by atoms with van der Waals surface area (Å²) in [6.07, 6.45) is 1.12. The first-order valence-corrected chi connectivity index (χ1v) is 7.09. The van der Waals surface area contributed by atoms with Crippen molar-refractivity contribution in [2.45, 2.75) is 19.8 Å². The SMILES string of the molecule is CCc1ccccc1C(=O)N(CCC#N)c1ccccc1. The van der Waals surface area contributed by atoms with E-state index in [4.69, 9.17) is 5.26 Å². The third-order valence-electron chi connectivity index (χ3n) is 3.39. The van der Waals surface area contributed by atoms with Crippen LogP contribution in [-0.4, -0.2) is 12.5 Å². The second-order valence-electron chi connectivity index (χ2n) is 4.71. The number of rotatable bonds is 5. The molecular formula is C18H18N2O. The van der Waals surface area contributed by atoms with Gasteiger partial charge in [0, 0.05) is 17.8 Å². The smallest absolute Gasteiger partial charge is 0.258 e. The van der Waals surface area contributed by atoms with Crippen LogP contribution >= 0.6 is 0 Å². The first kappa shape index (κ1) is 14.8. The molecule has 0 aromatic heterocycles. The van der Waals surface area contributed by atoms with Crippen molar-refractivity contribution >= 4 is 11.6 Å². The summed E-state index contributed by atoms with van der Waals surface area (Å²) in [5.74, 6) is -0.0473. The summed E-state index contributed by atoms with van der Waals surface area (Å²) in [6, 6.07) is 19.2. The molecule has 0 fully saturated rings. The molecule has 3 heteroatoms. The molecule has 2 aromatic carbocycles. The minimum atomic E-state index is -0.0473. The van der Waals surface area contributed by atoms with Crippen molar-refractivity contribution in [3.05, 3.63) is 65.7 Å². The molecule has 106 valence electrons. The van der Waals surface area contributed by atoms with Gasteiger partial charge in [-0.15, -0.1) is 0 Å². The van der Waals surface area contributed by atoms with Gasteiger partial charge in [-0.25, -0.2) is 0 Å². The highest BCUT2D eigenvalue weighted by atomic mass is 16.2. The van der Waals surface area contributed by atoms with Crippen molar-refractivity contribution in [3.63, 3.8) is 0 Å². The molecule has 3 nitrogen and oxygen atoms in total. The number of carbonyl (C=O) groups excluding carboxylic acids is 1. The Kier molecular flexibility index (Phi) is 5.11. The normalized spacial score (nSPS) is 9.90. The number of carbonyl (C=O) groups is 1. The molecule has 0 aliphatic heterocycles. The minimum Gasteiger partial charge on any atom is -0.307 e. The summed E-state index contributed by atoms with van der Waals surface area (Å²) in [7, 11) is 0. The first-order valence-electron chi connectivity index (χ1n) is 7.09. The minimum absolute atomic E-state index is 0.0473. The van der Waals surface area contributed by atoms with Crippen LogP contribution in [0.4, 0.5) is 5.69 Å². The third-order valence-corrected chi connectivity index (χ3v) is 3.39. The average Bonchev–Trinajstić information content (AvgIpc) is 2.56. The zero-order valence-corrected chi connectivity index (χ0v) is 12.1. The molecule has 21 heavy (non-hydrogen) atoms. The highest BCUT2D eigenvalue weighted by Gasteiger charge is 2.19. The number of hydrogen-bond donors (Lipinski definition) is 0. The van der Waals surface area contributed by atoms with Gasteiger partial charge in [0.05, 0.1) is 12.5 Å². The lowest BCUT2D eigenvalue weighted by Gasteiger charge is -2.23. The van der Waals surface area contributed by atoms with Gasteiger partial charge >= 0.3 is 0 Å². The van der Waals surface area contributed by atoms with E-state index in [0.717, 1.165) is 17.7 Å². The van der Waals surface area contributed by atoms with E-state index in [1.165, 1.54) is 0 Å². The molecule has 2 aromatic rings. The number of anilines is 1. The topological polar surface area (TPSA) is 44.1 Å². The highest BCUT2D eigenvalue weighted by Crippen LogP contribution is 2.19. The Hall–Kier alpha value is -2.60. The molecule has 0 N–H and O–H groups in total. The van der Waals surface area contributed by atoms with E-state index in [2.05, 4.69) is 6.07 Å². The number of nitrogens with zero attached hydrogens (tertiary/aromatic N) is 2. The summed E-state index contributed by atoms with van der Waals surface area (Å²) in [5.41, 5.74) is 2.56. The first-order chi connectivity index (χ1) is 10.3. The van der Waals surface area contributed by atoms with Crippen LogP contribution in [0.2, 0.25) is 0 Å². The van der Waals surface area contributed by atoms with Crippen LogP contribution in [0.15, 0.2) is 54.6 Å². The van der Waals surface area contributed by atoms with Crippen LogP contribution < -0.4 is 4.90 Å². The molecule has 1 amide bonds. The van der Waals surface area contributed by atoms with Crippen LogP contribution in [0.25, 0.3) is 0 Å². The molecule has 2 rings (SSSR count). The van der Waals surface area contributed by atoms with Crippen molar-refractivity contribution in [1.82, 2.24) is 0 Å². The van der Waals surface area contributed by atoms with Crippen LogP contribution in [0.5, 0.6) is 0 Å². The van der Waals surface area contributed by atoms with Crippen molar-refractivity contribution < 1.29 is 4.79 Å². The second-order valence-corrected chi connectivity index (χ2v) is 4.71. The van der Waals surface area contributed by atoms with Gasteiger partial charge in [-0.05, 0) is 30.2 Å². The lowest BCUT2D eigenvalue weighted by molar-refractivity contribution is 0.0986. The largest absolute Gasteiger partial charge is 0.307 e. The molecule has 0 saturated heterocycles. The average molecular weight is 278 g/mol. The Bertz CT molecular complexity index is 644. The van der Waals surface area contributed by atoms with E-state index < -0.39 is 0 Å². The Labute approximate surface area is 125 Å². The number of para-hydroxylation sites is 1. The molecule has 0 heterocycles. The van der Waals surface area contributed by atoms with Crippen molar-refractivity contribution in [3.8, 4) is 6.07 Å². The lowest BCUT2D eigenvalue weighted by atomic mass is 10.0. The summed E-state index contributed by atoms with van der Waals surface area (Å²) < 4.78 is 0. The Balaban J connectivity index is 2.37. The van der Waals surface area contributed by atoms with E-state index in [9.17, 15) is 4.79 Å². The summed E-state index contributed by atoms with van der Waals surface area (Å²) >= 11 is 0.